The number of esters is 1. The van der Waals surface area contributed by atoms with Crippen molar-refractivity contribution in [3.8, 4) is 22.6 Å². The van der Waals surface area contributed by atoms with E-state index >= 15 is 4.39 Å². The highest BCUT2D eigenvalue weighted by molar-refractivity contribution is 7.74. The topological polar surface area (TPSA) is 138 Å². The maximum absolute atomic E-state index is 16.5. The van der Waals surface area contributed by atoms with Gasteiger partial charge in [-0.15, -0.1) is 0 Å². The number of anilines is 3. The molecule has 2 aromatic carbocycles. The van der Waals surface area contributed by atoms with E-state index in [2.05, 4.69) is 15.3 Å². The van der Waals surface area contributed by atoms with Gasteiger partial charge in [0.2, 0.25) is 10.9 Å². The van der Waals surface area contributed by atoms with Crippen LogP contribution in [0, 0.1) is 5.82 Å². The van der Waals surface area contributed by atoms with E-state index in [4.69, 9.17) is 23.7 Å². The van der Waals surface area contributed by atoms with Crippen LogP contribution >= 0.6 is 0 Å². The van der Waals surface area contributed by atoms with Crippen LogP contribution in [0.15, 0.2) is 48.9 Å². The van der Waals surface area contributed by atoms with Gasteiger partial charge in [0.05, 0.1) is 73.6 Å². The molecular formula is C33H33FN4O8S. The van der Waals surface area contributed by atoms with E-state index in [-0.39, 0.29) is 40.6 Å². The van der Waals surface area contributed by atoms with Crippen molar-refractivity contribution in [3.05, 3.63) is 65.9 Å². The summed E-state index contributed by atoms with van der Waals surface area (Å²) in [5, 5.41) is 3.29. The lowest BCUT2D eigenvalue weighted by Gasteiger charge is -2.27. The van der Waals surface area contributed by atoms with Crippen molar-refractivity contribution in [2.24, 2.45) is 0 Å². The summed E-state index contributed by atoms with van der Waals surface area (Å²) in [6.45, 7) is 2.19. The Bertz CT molecular complexity index is 1900. The summed E-state index contributed by atoms with van der Waals surface area (Å²) in [4.78, 5) is 21.6. The van der Waals surface area contributed by atoms with Gasteiger partial charge in [-0.3, -0.25) is 14.3 Å². The highest BCUT2D eigenvalue weighted by Crippen LogP contribution is 2.42. The lowest BCUT2D eigenvalue weighted by atomic mass is 10.0. The molecule has 2 saturated heterocycles. The molecule has 14 heteroatoms. The largest absolute Gasteiger partial charge is 0.492 e. The summed E-state index contributed by atoms with van der Waals surface area (Å²) in [5.74, 6) is -0.191. The van der Waals surface area contributed by atoms with Crippen molar-refractivity contribution in [2.75, 3.05) is 49.8 Å². The summed E-state index contributed by atoms with van der Waals surface area (Å²) >= 11 is 0. The first-order chi connectivity index (χ1) is 22.9. The van der Waals surface area contributed by atoms with Crippen molar-refractivity contribution < 1.29 is 41.3 Å². The number of nitrogens with one attached hydrogen (secondary N) is 1. The lowest BCUT2D eigenvalue weighted by Crippen LogP contribution is -2.35. The molecule has 0 amide bonds. The molecule has 3 aliphatic heterocycles. The molecular weight excluding hydrogens is 631 g/mol. The first-order valence-corrected chi connectivity index (χ1v) is 16.5. The summed E-state index contributed by atoms with van der Waals surface area (Å²) < 4.78 is 71.2. The zero-order valence-corrected chi connectivity index (χ0v) is 26.5. The van der Waals surface area contributed by atoms with Crippen LogP contribution in [0.3, 0.4) is 0 Å². The van der Waals surface area contributed by atoms with E-state index in [0.29, 0.717) is 80.4 Å². The van der Waals surface area contributed by atoms with Gasteiger partial charge >= 0.3 is 5.97 Å². The zero-order valence-electron chi connectivity index (χ0n) is 25.6. The first kappa shape index (κ1) is 31.1. The fourth-order valence-electron chi connectivity index (χ4n) is 6.27. The van der Waals surface area contributed by atoms with Gasteiger partial charge in [-0.2, -0.15) is 0 Å². The number of carbonyl (C=O) groups excluding carboxylic acids is 1. The van der Waals surface area contributed by atoms with Crippen LogP contribution in [-0.4, -0.2) is 76.6 Å². The molecule has 0 saturated carbocycles. The van der Waals surface area contributed by atoms with Crippen LogP contribution in [0.2, 0.25) is 0 Å². The molecule has 0 bridgehead atoms. The molecule has 4 aromatic rings. The number of methoxy groups -OCH3 is 1. The van der Waals surface area contributed by atoms with Gasteiger partial charge < -0.3 is 29.0 Å². The van der Waals surface area contributed by atoms with Gasteiger partial charge in [-0.05, 0) is 36.2 Å². The molecule has 47 heavy (non-hydrogen) atoms. The molecule has 2 fully saturated rings. The highest BCUT2D eigenvalue weighted by Gasteiger charge is 2.30. The molecule has 5 heterocycles. The third kappa shape index (κ3) is 6.27. The number of carbonyl (C=O) groups is 1. The Hall–Kier alpha value is -4.53. The Morgan fingerprint density at radius 3 is 2.62 bits per heavy atom. The summed E-state index contributed by atoms with van der Waals surface area (Å²) in [5.41, 5.74) is 3.20. The monoisotopic (exact) mass is 664 g/mol. The number of thiol groups is 1. The van der Waals surface area contributed by atoms with E-state index in [1.165, 1.54) is 23.7 Å². The first-order valence-electron chi connectivity index (χ1n) is 15.4. The number of halogens is 1. The Labute approximate surface area is 271 Å². The molecule has 2 aromatic heterocycles. The second kappa shape index (κ2) is 13.3. The molecule has 1 unspecified atom stereocenters. The molecule has 0 aliphatic carbocycles. The molecule has 1 atom stereocenters. The van der Waals surface area contributed by atoms with Crippen LogP contribution in [0.4, 0.5) is 21.5 Å². The molecule has 1 N–H and O–H groups in total. The van der Waals surface area contributed by atoms with Crippen molar-refractivity contribution in [1.82, 2.24) is 9.97 Å². The van der Waals surface area contributed by atoms with E-state index in [1.807, 2.05) is 0 Å². The Balaban J connectivity index is 1.38. The number of ether oxygens (including phenoxy) is 5. The molecule has 0 spiro atoms. The predicted molar refractivity (Wildman–Crippen MR) is 172 cm³/mol. The van der Waals surface area contributed by atoms with Crippen molar-refractivity contribution >= 4 is 44.8 Å². The highest BCUT2D eigenvalue weighted by atomic mass is 32.2. The van der Waals surface area contributed by atoms with Crippen molar-refractivity contribution in [2.45, 2.75) is 37.8 Å². The second-order valence-electron chi connectivity index (χ2n) is 11.5. The fraction of sp³-hybridized carbons (Fsp3) is 0.364. The standard InChI is InChI=1S/C33H33FN4O8S/c1-42-33(39)21-10-22(14-25(11-21)46-24-4-7-43-8-5-24)37-31-29(38(47(40)41)23-3-6-44-18-23)17-36-28-13-20(12-27(34)30(28)31)26-16-35-15-19-2-9-45-32(19)26/h10-17,23-24,47H,2-9,18H2,1H3,(H,36,37). The average molecular weight is 665 g/mol. The quantitative estimate of drug-likeness (QED) is 0.192. The normalized spacial score (nSPS) is 17.8. The summed E-state index contributed by atoms with van der Waals surface area (Å²) in [6.07, 6.45) is 7.17. The molecule has 0 radical (unpaired) electrons. The van der Waals surface area contributed by atoms with E-state index in [9.17, 15) is 13.2 Å². The van der Waals surface area contributed by atoms with Crippen LogP contribution < -0.4 is 19.1 Å². The molecule has 12 nitrogen and oxygen atoms in total. The Kier molecular flexibility index (Phi) is 8.80. The number of hydrogen-bond donors (Lipinski definition) is 2. The predicted octanol–water partition coefficient (Wildman–Crippen LogP) is 4.58. The third-order valence-corrected chi connectivity index (χ3v) is 9.44. The molecule has 3 aliphatic rings. The van der Waals surface area contributed by atoms with Crippen LogP contribution in [0.5, 0.6) is 11.5 Å². The van der Waals surface area contributed by atoms with Crippen LogP contribution in [0.1, 0.15) is 35.2 Å². The van der Waals surface area contributed by atoms with Crippen molar-refractivity contribution in [1.29, 1.82) is 0 Å². The van der Waals surface area contributed by atoms with E-state index in [1.54, 1.807) is 36.7 Å². The zero-order chi connectivity index (χ0) is 32.5. The number of hydrogen-bond acceptors (Lipinski definition) is 11. The van der Waals surface area contributed by atoms with Gasteiger partial charge in [0.15, 0.2) is 0 Å². The average Bonchev–Trinajstić information content (AvgIpc) is 3.78. The van der Waals surface area contributed by atoms with Gasteiger partial charge in [0, 0.05) is 61.1 Å². The Morgan fingerprint density at radius 1 is 1.02 bits per heavy atom. The van der Waals surface area contributed by atoms with Gasteiger partial charge in [-0.1, -0.05) is 0 Å². The van der Waals surface area contributed by atoms with Crippen LogP contribution in [0.25, 0.3) is 22.0 Å². The maximum Gasteiger partial charge on any atom is 0.338 e. The molecule has 7 rings (SSSR count). The number of nitrogens with zero attached hydrogens (tertiary/aromatic N) is 3. The van der Waals surface area contributed by atoms with Gasteiger partial charge in [0.1, 0.15) is 23.4 Å². The van der Waals surface area contributed by atoms with Gasteiger partial charge in [0.25, 0.3) is 0 Å². The van der Waals surface area contributed by atoms with E-state index < -0.39 is 28.7 Å². The van der Waals surface area contributed by atoms with Crippen molar-refractivity contribution in [3.63, 3.8) is 0 Å². The minimum Gasteiger partial charge on any atom is -0.492 e. The Morgan fingerprint density at radius 2 is 1.85 bits per heavy atom. The fourth-order valence-corrected chi connectivity index (χ4v) is 7.04. The number of fused-ring (bicyclic) bond motifs is 2. The number of pyridine rings is 2. The van der Waals surface area contributed by atoms with Gasteiger partial charge in [-0.25, -0.2) is 17.6 Å². The number of benzene rings is 2. The summed E-state index contributed by atoms with van der Waals surface area (Å²) in [7, 11) is -1.90. The smallest absolute Gasteiger partial charge is 0.338 e. The van der Waals surface area contributed by atoms with Crippen LogP contribution in [-0.2, 0) is 31.5 Å². The minimum absolute atomic E-state index is 0.0591. The third-order valence-electron chi connectivity index (χ3n) is 8.54. The second-order valence-corrected chi connectivity index (χ2v) is 12.4. The summed E-state index contributed by atoms with van der Waals surface area (Å²) in [6, 6.07) is 7.38. The maximum atomic E-state index is 16.5. The van der Waals surface area contributed by atoms with E-state index in [0.717, 1.165) is 5.56 Å². The number of rotatable bonds is 9. The number of aromatic nitrogens is 2. The molecule has 246 valence electrons. The lowest BCUT2D eigenvalue weighted by molar-refractivity contribution is 0.0254. The minimum atomic E-state index is -3.17. The SMILES string of the molecule is COC(=O)c1cc(Nc2c(N(C3CCOC3)[SH](=O)=O)cnc3cc(-c4cncc5c4OCC5)cc(F)c23)cc(OC2CCOCC2)c1.